The highest BCUT2D eigenvalue weighted by atomic mass is 16.6. The summed E-state index contributed by atoms with van der Waals surface area (Å²) in [7, 11) is 0. The van der Waals surface area contributed by atoms with Crippen molar-refractivity contribution in [2.45, 2.75) is 25.7 Å². The first kappa shape index (κ1) is 20.2. The Kier molecular flexibility index (Phi) is 5.18. The molecule has 6 nitrogen and oxygen atoms in total. The van der Waals surface area contributed by atoms with E-state index in [4.69, 9.17) is 0 Å². The lowest BCUT2D eigenvalue weighted by Crippen LogP contribution is -2.13. The molecule has 0 N–H and O–H groups in total. The van der Waals surface area contributed by atoms with E-state index in [0.717, 1.165) is 27.8 Å². The Balaban J connectivity index is 1.82. The van der Waals surface area contributed by atoms with Crippen molar-refractivity contribution in [3.63, 3.8) is 0 Å². The zero-order valence-electron chi connectivity index (χ0n) is 17.2. The van der Waals surface area contributed by atoms with Crippen LogP contribution in [-0.4, -0.2) is 14.9 Å². The molecule has 0 aliphatic carbocycles. The Morgan fingerprint density at radius 3 is 2.48 bits per heavy atom. The van der Waals surface area contributed by atoms with E-state index < -0.39 is 5.41 Å². The summed E-state index contributed by atoms with van der Waals surface area (Å²) in [6.45, 7) is 3.73. The maximum Gasteiger partial charge on any atom is 0.291 e. The topological polar surface area (TPSA) is 92.7 Å². The van der Waals surface area contributed by atoms with Crippen LogP contribution in [0.2, 0.25) is 0 Å². The van der Waals surface area contributed by atoms with Crippen LogP contribution in [0.4, 0.5) is 5.69 Å². The summed E-state index contributed by atoms with van der Waals surface area (Å²) >= 11 is 0. The number of fused-ring (bicyclic) bond motifs is 1. The summed E-state index contributed by atoms with van der Waals surface area (Å²) in [5, 5.41) is 21.8. The first-order valence-corrected chi connectivity index (χ1v) is 9.87. The van der Waals surface area contributed by atoms with Crippen LogP contribution in [0.15, 0.2) is 73.1 Å². The molecule has 31 heavy (non-hydrogen) atoms. The van der Waals surface area contributed by atoms with E-state index in [-0.39, 0.29) is 10.6 Å². The second-order valence-corrected chi connectivity index (χ2v) is 7.94. The number of hydrogen-bond donors (Lipinski definition) is 0. The predicted octanol–water partition coefficient (Wildman–Crippen LogP) is 5.60. The van der Waals surface area contributed by atoms with Gasteiger partial charge in [-0.3, -0.25) is 15.1 Å². The molecule has 0 atom stereocenters. The first-order valence-electron chi connectivity index (χ1n) is 9.87. The molecule has 0 aliphatic rings. The Labute approximate surface area is 180 Å². The van der Waals surface area contributed by atoms with Gasteiger partial charge in [0.25, 0.3) is 5.69 Å². The number of rotatable bonds is 5. The van der Waals surface area contributed by atoms with Crippen LogP contribution in [0.5, 0.6) is 0 Å². The molecule has 0 fully saturated rings. The van der Waals surface area contributed by atoms with Gasteiger partial charge in [0.1, 0.15) is 6.20 Å². The van der Waals surface area contributed by atoms with Gasteiger partial charge in [-0.15, -0.1) is 0 Å². The predicted molar refractivity (Wildman–Crippen MR) is 120 cm³/mol. The van der Waals surface area contributed by atoms with Crippen LogP contribution in [0, 0.1) is 21.4 Å². The van der Waals surface area contributed by atoms with Crippen molar-refractivity contribution in [3.05, 3.63) is 99.9 Å². The Morgan fingerprint density at radius 2 is 1.84 bits per heavy atom. The monoisotopic (exact) mass is 408 g/mol. The fourth-order valence-electron chi connectivity index (χ4n) is 3.58. The number of nitrogens with zero attached hydrogens (tertiary/aromatic N) is 4. The summed E-state index contributed by atoms with van der Waals surface area (Å²) in [5.41, 5.74) is 4.22. The molecule has 0 bridgehead atoms. The zero-order chi connectivity index (χ0) is 22.0. The third-order valence-electron chi connectivity index (χ3n) is 5.45. The molecule has 6 heteroatoms. The lowest BCUT2D eigenvalue weighted by Gasteiger charge is -2.16. The Morgan fingerprint density at radius 1 is 1.06 bits per heavy atom. The smallest absolute Gasteiger partial charge is 0.258 e. The lowest BCUT2D eigenvalue weighted by molar-refractivity contribution is -0.385. The van der Waals surface area contributed by atoms with Crippen LogP contribution >= 0.6 is 0 Å². The normalized spacial score (nSPS) is 11.3. The molecule has 2 aromatic carbocycles. The molecule has 0 saturated carbocycles. The number of benzene rings is 2. The van der Waals surface area contributed by atoms with Crippen molar-refractivity contribution >= 4 is 16.6 Å². The molecule has 152 valence electrons. The highest BCUT2D eigenvalue weighted by molar-refractivity contribution is 5.89. The highest BCUT2D eigenvalue weighted by Crippen LogP contribution is 2.32. The summed E-state index contributed by atoms with van der Waals surface area (Å²) in [6.07, 6.45) is 3.43. The third-order valence-corrected chi connectivity index (χ3v) is 5.45. The second kappa shape index (κ2) is 7.96. The summed E-state index contributed by atoms with van der Waals surface area (Å²) in [4.78, 5) is 20.1. The van der Waals surface area contributed by atoms with Crippen LogP contribution in [-0.2, 0) is 11.8 Å². The van der Waals surface area contributed by atoms with E-state index in [1.165, 1.54) is 6.20 Å². The van der Waals surface area contributed by atoms with Gasteiger partial charge in [0.05, 0.1) is 27.6 Å². The molecule has 4 aromatic rings. The number of hydrogen-bond acceptors (Lipinski definition) is 5. The average molecular weight is 408 g/mol. The van der Waals surface area contributed by atoms with Crippen molar-refractivity contribution in [3.8, 4) is 17.3 Å². The van der Waals surface area contributed by atoms with Gasteiger partial charge in [-0.25, -0.2) is 4.98 Å². The van der Waals surface area contributed by atoms with E-state index in [0.29, 0.717) is 17.5 Å². The maximum absolute atomic E-state index is 11.8. The van der Waals surface area contributed by atoms with E-state index >= 15 is 0 Å². The quantitative estimate of drug-likeness (QED) is 0.317. The zero-order valence-corrected chi connectivity index (χ0v) is 17.2. The first-order chi connectivity index (χ1) is 14.9. The maximum atomic E-state index is 11.8. The van der Waals surface area contributed by atoms with Gasteiger partial charge in [0.2, 0.25) is 0 Å². The van der Waals surface area contributed by atoms with Crippen LogP contribution in [0.25, 0.3) is 22.2 Å². The van der Waals surface area contributed by atoms with E-state index in [9.17, 15) is 15.4 Å². The molecule has 0 spiro atoms. The minimum atomic E-state index is -0.592. The minimum absolute atomic E-state index is 0.00731. The fourth-order valence-corrected chi connectivity index (χ4v) is 3.58. The van der Waals surface area contributed by atoms with Crippen molar-refractivity contribution < 1.29 is 4.92 Å². The molecular formula is C25H20N4O2. The largest absolute Gasteiger partial charge is 0.291 e. The minimum Gasteiger partial charge on any atom is -0.258 e. The molecule has 0 unspecified atom stereocenters. The summed E-state index contributed by atoms with van der Waals surface area (Å²) in [6, 6.07) is 21.3. The van der Waals surface area contributed by atoms with Gasteiger partial charge in [0.15, 0.2) is 0 Å². The number of nitriles is 1. The summed E-state index contributed by atoms with van der Waals surface area (Å²) in [5.74, 6) is 0. The van der Waals surface area contributed by atoms with E-state index in [1.807, 2.05) is 74.5 Å². The van der Waals surface area contributed by atoms with Gasteiger partial charge >= 0.3 is 0 Å². The van der Waals surface area contributed by atoms with Crippen molar-refractivity contribution in [2.75, 3.05) is 0 Å². The Bertz CT molecular complexity index is 1310. The standard InChI is InChI=1S/C25H20N4O2/c1-25(2,16-26)19-9-6-17(7-10-19)13-21-20-14-18(22-5-3-4-12-27-22)8-11-23(20)28-15-24(21)29(30)31/h3-12,14-15H,13H2,1-2H3. The molecule has 0 aliphatic heterocycles. The van der Waals surface area contributed by atoms with Gasteiger partial charge < -0.3 is 0 Å². The molecule has 2 aromatic heterocycles. The molecule has 0 radical (unpaired) electrons. The molecular weight excluding hydrogens is 388 g/mol. The van der Waals surface area contributed by atoms with Crippen LogP contribution < -0.4 is 0 Å². The van der Waals surface area contributed by atoms with Gasteiger partial charge in [-0.1, -0.05) is 36.4 Å². The van der Waals surface area contributed by atoms with Crippen molar-refractivity contribution in [2.24, 2.45) is 0 Å². The molecule has 2 heterocycles. The molecule has 4 rings (SSSR count). The third kappa shape index (κ3) is 3.99. The van der Waals surface area contributed by atoms with E-state index in [1.54, 1.807) is 6.20 Å². The van der Waals surface area contributed by atoms with Gasteiger partial charge in [0, 0.05) is 29.1 Å². The lowest BCUT2D eigenvalue weighted by atomic mass is 9.85. The SMILES string of the molecule is CC(C)(C#N)c1ccc(Cc2c([N+](=O)[O-])cnc3ccc(-c4ccccn4)cc23)cc1. The second-order valence-electron chi connectivity index (χ2n) is 7.94. The number of pyridine rings is 2. The Hall–Kier alpha value is -4.11. The average Bonchev–Trinajstić information content (AvgIpc) is 2.79. The summed E-state index contributed by atoms with van der Waals surface area (Å²) < 4.78 is 0. The van der Waals surface area contributed by atoms with Crippen molar-refractivity contribution in [1.29, 1.82) is 5.26 Å². The van der Waals surface area contributed by atoms with Gasteiger partial charge in [-0.05, 0) is 49.2 Å². The number of aromatic nitrogens is 2. The molecule has 0 amide bonds. The van der Waals surface area contributed by atoms with E-state index in [2.05, 4.69) is 16.0 Å². The molecule has 0 saturated heterocycles. The van der Waals surface area contributed by atoms with Crippen molar-refractivity contribution in [1.82, 2.24) is 9.97 Å². The van der Waals surface area contributed by atoms with Gasteiger partial charge in [-0.2, -0.15) is 5.26 Å². The van der Waals surface area contributed by atoms with Crippen LogP contribution in [0.3, 0.4) is 0 Å². The number of nitro groups is 1. The fraction of sp³-hybridized carbons (Fsp3) is 0.160. The van der Waals surface area contributed by atoms with Crippen LogP contribution in [0.1, 0.15) is 30.5 Å². The highest BCUT2D eigenvalue weighted by Gasteiger charge is 2.21.